The van der Waals surface area contributed by atoms with E-state index in [9.17, 15) is 14.4 Å². The Kier molecular flexibility index (Phi) is 9.46. The SMILES string of the molecule is CCOc1cc(COc2ccc(/C=C3\C(=O)NC(=O)N(c4cccc(Cl)c4)C3=O)cc2OC)ccc1OCc1ccccc1. The Hall–Kier alpha value is -5.28. The van der Waals surface area contributed by atoms with Crippen LogP contribution in [-0.4, -0.2) is 31.6 Å². The number of methoxy groups -OCH3 is 1. The molecule has 224 valence electrons. The van der Waals surface area contributed by atoms with Crippen molar-refractivity contribution in [2.24, 2.45) is 0 Å². The third-order valence-corrected chi connectivity index (χ3v) is 6.84. The number of amides is 4. The average Bonchev–Trinajstić information content (AvgIpc) is 3.02. The van der Waals surface area contributed by atoms with Crippen LogP contribution in [0, 0.1) is 0 Å². The van der Waals surface area contributed by atoms with Gasteiger partial charge < -0.3 is 18.9 Å². The summed E-state index contributed by atoms with van der Waals surface area (Å²) in [5, 5.41) is 2.54. The first-order valence-corrected chi connectivity index (χ1v) is 14.1. The van der Waals surface area contributed by atoms with Crippen LogP contribution in [0.25, 0.3) is 6.08 Å². The second-order valence-corrected chi connectivity index (χ2v) is 10.1. The molecule has 9 nitrogen and oxygen atoms in total. The summed E-state index contributed by atoms with van der Waals surface area (Å²) in [4.78, 5) is 39.2. The predicted octanol–water partition coefficient (Wildman–Crippen LogP) is 6.57. The number of nitrogens with one attached hydrogen (secondary N) is 1. The molecule has 1 fully saturated rings. The van der Waals surface area contributed by atoms with Crippen molar-refractivity contribution in [1.29, 1.82) is 0 Å². The Morgan fingerprint density at radius 2 is 1.48 bits per heavy atom. The zero-order valence-electron chi connectivity index (χ0n) is 24.0. The van der Waals surface area contributed by atoms with Crippen LogP contribution in [-0.2, 0) is 22.8 Å². The van der Waals surface area contributed by atoms with Crippen LogP contribution < -0.4 is 29.2 Å². The summed E-state index contributed by atoms with van der Waals surface area (Å²) in [6.45, 7) is 3.01. The van der Waals surface area contributed by atoms with Crippen molar-refractivity contribution in [3.05, 3.63) is 118 Å². The van der Waals surface area contributed by atoms with Crippen LogP contribution in [0.3, 0.4) is 0 Å². The highest BCUT2D eigenvalue weighted by atomic mass is 35.5. The Morgan fingerprint density at radius 1 is 0.750 bits per heavy atom. The van der Waals surface area contributed by atoms with Gasteiger partial charge in [0.05, 0.1) is 19.4 Å². The number of barbiturate groups is 1. The van der Waals surface area contributed by atoms with Crippen molar-refractivity contribution >= 4 is 41.2 Å². The molecule has 1 heterocycles. The second kappa shape index (κ2) is 13.8. The summed E-state index contributed by atoms with van der Waals surface area (Å²) >= 11 is 6.04. The van der Waals surface area contributed by atoms with E-state index in [2.05, 4.69) is 5.32 Å². The van der Waals surface area contributed by atoms with Gasteiger partial charge in [0.2, 0.25) is 0 Å². The zero-order chi connectivity index (χ0) is 31.1. The monoisotopic (exact) mass is 612 g/mol. The number of rotatable bonds is 11. The Bertz CT molecular complexity index is 1720. The molecule has 0 aromatic heterocycles. The average molecular weight is 613 g/mol. The van der Waals surface area contributed by atoms with Gasteiger partial charge in [-0.2, -0.15) is 0 Å². The predicted molar refractivity (Wildman–Crippen MR) is 166 cm³/mol. The highest BCUT2D eigenvalue weighted by molar-refractivity contribution is 6.39. The number of hydrogen-bond donors (Lipinski definition) is 1. The normalized spacial score (nSPS) is 13.9. The third-order valence-electron chi connectivity index (χ3n) is 6.61. The molecule has 0 spiro atoms. The number of ether oxygens (including phenoxy) is 4. The van der Waals surface area contributed by atoms with Gasteiger partial charge in [-0.15, -0.1) is 0 Å². The minimum Gasteiger partial charge on any atom is -0.493 e. The molecule has 4 aromatic carbocycles. The molecule has 0 saturated carbocycles. The summed E-state index contributed by atoms with van der Waals surface area (Å²) in [6.07, 6.45) is 1.39. The maximum Gasteiger partial charge on any atom is 0.335 e. The van der Waals surface area contributed by atoms with E-state index in [1.807, 2.05) is 55.5 Å². The molecule has 10 heteroatoms. The number of benzene rings is 4. The number of nitrogens with zero attached hydrogens (tertiary/aromatic N) is 1. The first-order chi connectivity index (χ1) is 21.4. The van der Waals surface area contributed by atoms with E-state index in [0.29, 0.717) is 46.8 Å². The van der Waals surface area contributed by atoms with E-state index in [1.165, 1.54) is 19.3 Å². The minimum atomic E-state index is -0.857. The molecule has 0 atom stereocenters. The first-order valence-electron chi connectivity index (χ1n) is 13.8. The number of urea groups is 1. The lowest BCUT2D eigenvalue weighted by atomic mass is 10.1. The van der Waals surface area contributed by atoms with Crippen LogP contribution in [0.4, 0.5) is 10.5 Å². The maximum atomic E-state index is 13.2. The molecule has 5 rings (SSSR count). The zero-order valence-corrected chi connectivity index (χ0v) is 24.8. The van der Waals surface area contributed by atoms with Gasteiger partial charge in [-0.3, -0.25) is 14.9 Å². The Labute approximate surface area is 259 Å². The van der Waals surface area contributed by atoms with Gasteiger partial charge in [-0.25, -0.2) is 9.69 Å². The quantitative estimate of drug-likeness (QED) is 0.151. The van der Waals surface area contributed by atoms with Crippen LogP contribution in [0.1, 0.15) is 23.6 Å². The molecule has 1 N–H and O–H groups in total. The van der Waals surface area contributed by atoms with Crippen molar-refractivity contribution < 1.29 is 33.3 Å². The largest absolute Gasteiger partial charge is 0.493 e. The number of carbonyl (C=O) groups is 3. The van der Waals surface area contributed by atoms with Gasteiger partial charge in [-0.05, 0) is 72.2 Å². The lowest BCUT2D eigenvalue weighted by molar-refractivity contribution is -0.122. The molecule has 1 saturated heterocycles. The molecule has 44 heavy (non-hydrogen) atoms. The van der Waals surface area contributed by atoms with Crippen molar-refractivity contribution in [1.82, 2.24) is 5.32 Å². The van der Waals surface area contributed by atoms with Gasteiger partial charge in [0, 0.05) is 5.02 Å². The Morgan fingerprint density at radius 3 is 2.20 bits per heavy atom. The maximum absolute atomic E-state index is 13.2. The number of halogens is 1. The molecule has 0 aliphatic carbocycles. The van der Waals surface area contributed by atoms with E-state index < -0.39 is 17.8 Å². The van der Waals surface area contributed by atoms with Gasteiger partial charge in [-0.1, -0.05) is 60.1 Å². The summed E-state index contributed by atoms with van der Waals surface area (Å²) < 4.78 is 23.4. The van der Waals surface area contributed by atoms with Crippen molar-refractivity contribution in [2.45, 2.75) is 20.1 Å². The molecule has 4 aromatic rings. The lowest BCUT2D eigenvalue weighted by Crippen LogP contribution is -2.54. The van der Waals surface area contributed by atoms with E-state index in [0.717, 1.165) is 16.0 Å². The fourth-order valence-corrected chi connectivity index (χ4v) is 4.68. The number of anilines is 1. The molecule has 0 radical (unpaired) electrons. The van der Waals surface area contributed by atoms with Crippen LogP contribution in [0.5, 0.6) is 23.0 Å². The molecule has 4 amide bonds. The molecule has 1 aliphatic rings. The van der Waals surface area contributed by atoms with Crippen molar-refractivity contribution in [2.75, 3.05) is 18.6 Å². The topological polar surface area (TPSA) is 103 Å². The van der Waals surface area contributed by atoms with E-state index >= 15 is 0 Å². The first kappa shape index (κ1) is 30.2. The van der Waals surface area contributed by atoms with Gasteiger partial charge in [0.1, 0.15) is 18.8 Å². The van der Waals surface area contributed by atoms with Crippen LogP contribution in [0.2, 0.25) is 5.02 Å². The van der Waals surface area contributed by atoms with Gasteiger partial charge >= 0.3 is 6.03 Å². The van der Waals surface area contributed by atoms with Crippen molar-refractivity contribution in [3.63, 3.8) is 0 Å². The lowest BCUT2D eigenvalue weighted by Gasteiger charge is -2.26. The number of imide groups is 2. The number of hydrogen-bond acceptors (Lipinski definition) is 7. The minimum absolute atomic E-state index is 0.216. The van der Waals surface area contributed by atoms with Crippen molar-refractivity contribution in [3.8, 4) is 23.0 Å². The molecule has 0 unspecified atom stereocenters. The standard InChI is InChI=1S/C34H29ClN2O7/c1-3-42-31-18-24(13-15-29(31)43-20-22-8-5-4-6-9-22)21-44-28-14-12-23(17-30(28)41-2)16-27-32(38)36-34(40)37(33(27)39)26-11-7-10-25(35)19-26/h4-19H,3,20-21H2,1-2H3,(H,36,38,40)/b27-16+. The van der Waals surface area contributed by atoms with Gasteiger partial charge in [0.25, 0.3) is 11.8 Å². The fraction of sp³-hybridized carbons (Fsp3) is 0.147. The summed E-state index contributed by atoms with van der Waals surface area (Å²) in [5.74, 6) is 0.497. The van der Waals surface area contributed by atoms with Crippen LogP contribution >= 0.6 is 11.6 Å². The summed E-state index contributed by atoms with van der Waals surface area (Å²) in [6, 6.07) is 25.9. The molecular formula is C34H29ClN2O7. The highest BCUT2D eigenvalue weighted by Crippen LogP contribution is 2.33. The second-order valence-electron chi connectivity index (χ2n) is 9.63. The summed E-state index contributed by atoms with van der Waals surface area (Å²) in [5.41, 5.74) is 2.41. The highest BCUT2D eigenvalue weighted by Gasteiger charge is 2.37. The number of carbonyl (C=O) groups excluding carboxylic acids is 3. The molecule has 1 aliphatic heterocycles. The van der Waals surface area contributed by atoms with Gasteiger partial charge in [0.15, 0.2) is 23.0 Å². The molecule has 0 bridgehead atoms. The third kappa shape index (κ3) is 7.02. The summed E-state index contributed by atoms with van der Waals surface area (Å²) in [7, 11) is 1.49. The van der Waals surface area contributed by atoms with E-state index in [1.54, 1.807) is 36.4 Å². The van der Waals surface area contributed by atoms with Crippen LogP contribution in [0.15, 0.2) is 96.6 Å². The Balaban J connectivity index is 1.31. The smallest absolute Gasteiger partial charge is 0.335 e. The van der Waals surface area contributed by atoms with E-state index in [-0.39, 0.29) is 17.9 Å². The fourth-order valence-electron chi connectivity index (χ4n) is 4.49. The molecular weight excluding hydrogens is 584 g/mol. The van der Waals surface area contributed by atoms with E-state index in [4.69, 9.17) is 30.5 Å².